The molecule has 338 valence electrons. The molecule has 1 spiro atoms. The smallest absolute Gasteiger partial charge is 0.312 e. The maximum absolute atomic E-state index is 14.0. The molecule has 2 aliphatic heterocycles. The Morgan fingerprint density at radius 3 is 2.48 bits per heavy atom. The zero-order valence-corrected chi connectivity index (χ0v) is 38.1. The molecule has 15 heteroatoms. The minimum Gasteiger partial charge on any atom is -0.455 e. The molecule has 0 radical (unpaired) electrons. The molecule has 0 unspecified atom stereocenters. The number of likely N-dealkylation sites (tertiary alicyclic amines) is 1. The number of rotatable bonds is 13. The first kappa shape index (κ1) is 43.7. The number of nitrogens with zero attached hydrogens (tertiary/aromatic N) is 5. The molecule has 2 aromatic carbocycles. The number of carbonyl (C=O) groups excluding carboxylic acids is 1. The van der Waals surface area contributed by atoms with Crippen LogP contribution in [0.2, 0.25) is 0 Å². The lowest BCUT2D eigenvalue weighted by molar-refractivity contribution is -0.384. The first-order chi connectivity index (χ1) is 30.7. The minimum absolute atomic E-state index is 0.0108. The zero-order chi connectivity index (χ0) is 44.8. The van der Waals surface area contributed by atoms with E-state index >= 15 is 0 Å². The molecule has 3 aromatic heterocycles. The fourth-order valence-electron chi connectivity index (χ4n) is 10.8. The molecular formula is C49H60N8O6S. The summed E-state index contributed by atoms with van der Waals surface area (Å²) in [5, 5.41) is 16.0. The average molecular weight is 889 g/mol. The largest absolute Gasteiger partial charge is 0.455 e. The Labute approximate surface area is 375 Å². The number of nitro groups is 1. The molecule has 4 fully saturated rings. The summed E-state index contributed by atoms with van der Waals surface area (Å²) in [5.74, 6) is 0.976. The fraction of sp³-hybridized carbons (Fsp3) is 0.490. The number of anilines is 2. The second kappa shape index (κ2) is 17.4. The number of piperidine rings is 1. The first-order valence-corrected chi connectivity index (χ1v) is 24.4. The van der Waals surface area contributed by atoms with Gasteiger partial charge in [-0.25, -0.2) is 23.1 Å². The van der Waals surface area contributed by atoms with Crippen molar-refractivity contribution in [3.05, 3.63) is 106 Å². The molecular weight excluding hydrogens is 829 g/mol. The molecule has 14 nitrogen and oxygen atoms in total. The highest BCUT2D eigenvalue weighted by atomic mass is 32.2. The van der Waals surface area contributed by atoms with E-state index in [1.165, 1.54) is 30.4 Å². The van der Waals surface area contributed by atoms with E-state index in [1.807, 2.05) is 12.1 Å². The van der Waals surface area contributed by atoms with E-state index < -0.39 is 31.4 Å². The van der Waals surface area contributed by atoms with Crippen LogP contribution in [-0.2, 0) is 10.0 Å². The quantitative estimate of drug-likeness (QED) is 0.0758. The van der Waals surface area contributed by atoms with Crippen molar-refractivity contribution >= 4 is 44.2 Å². The molecule has 1 amide bonds. The maximum atomic E-state index is 14.0. The third kappa shape index (κ3) is 9.06. The van der Waals surface area contributed by atoms with Crippen molar-refractivity contribution in [1.82, 2.24) is 24.6 Å². The average Bonchev–Trinajstić information content (AvgIpc) is 3.95. The summed E-state index contributed by atoms with van der Waals surface area (Å²) in [5.41, 5.74) is 4.59. The first-order valence-electron chi connectivity index (χ1n) is 22.9. The molecule has 5 aromatic rings. The van der Waals surface area contributed by atoms with Gasteiger partial charge < -0.3 is 19.9 Å². The lowest BCUT2D eigenvalue weighted by Gasteiger charge is -2.57. The van der Waals surface area contributed by atoms with E-state index in [9.17, 15) is 23.3 Å². The third-order valence-corrected chi connectivity index (χ3v) is 15.9. The van der Waals surface area contributed by atoms with Crippen LogP contribution in [0.25, 0.3) is 11.0 Å². The number of nitrogens with one attached hydrogen (secondary N) is 3. The number of aromatic nitrogens is 3. The Hall–Kier alpha value is -5.54. The monoisotopic (exact) mass is 888 g/mol. The molecule has 64 heavy (non-hydrogen) atoms. The van der Waals surface area contributed by atoms with Crippen LogP contribution in [-0.4, -0.2) is 77.9 Å². The Bertz CT molecular complexity index is 2640. The third-order valence-electron chi connectivity index (χ3n) is 14.6. The van der Waals surface area contributed by atoms with Gasteiger partial charge >= 0.3 is 5.69 Å². The summed E-state index contributed by atoms with van der Waals surface area (Å²) in [6.45, 7) is 13.5. The van der Waals surface area contributed by atoms with Gasteiger partial charge in [0.15, 0.2) is 0 Å². The molecule has 2 saturated heterocycles. The lowest BCUT2D eigenvalue weighted by atomic mass is 9.70. The van der Waals surface area contributed by atoms with Crippen LogP contribution in [0.4, 0.5) is 17.2 Å². The number of ether oxygens (including phenoxy) is 1. The second-order valence-corrected chi connectivity index (χ2v) is 21.6. The van der Waals surface area contributed by atoms with Gasteiger partial charge in [0.25, 0.3) is 15.9 Å². The number of H-pyrrole nitrogens is 1. The van der Waals surface area contributed by atoms with Crippen LogP contribution >= 0.6 is 0 Å². The molecule has 2 atom stereocenters. The number of hydrogen-bond acceptors (Lipinski definition) is 11. The fourth-order valence-corrected chi connectivity index (χ4v) is 11.7. The number of fused-ring (bicyclic) bond motifs is 1. The van der Waals surface area contributed by atoms with Gasteiger partial charge in [0.05, 0.1) is 22.9 Å². The van der Waals surface area contributed by atoms with Crippen molar-refractivity contribution in [3.8, 4) is 11.5 Å². The summed E-state index contributed by atoms with van der Waals surface area (Å²) in [6.07, 6.45) is 14.3. The highest BCUT2D eigenvalue weighted by Crippen LogP contribution is 2.49. The minimum atomic E-state index is -4.60. The van der Waals surface area contributed by atoms with E-state index in [4.69, 9.17) is 4.74 Å². The van der Waals surface area contributed by atoms with Crippen molar-refractivity contribution in [3.63, 3.8) is 0 Å². The summed E-state index contributed by atoms with van der Waals surface area (Å²) >= 11 is 0. The number of benzene rings is 2. The molecule has 5 heterocycles. The van der Waals surface area contributed by atoms with Crippen LogP contribution in [0.15, 0.2) is 84.1 Å². The van der Waals surface area contributed by atoms with Crippen molar-refractivity contribution in [2.45, 2.75) is 108 Å². The van der Waals surface area contributed by atoms with Gasteiger partial charge in [0.1, 0.15) is 22.0 Å². The van der Waals surface area contributed by atoms with E-state index in [2.05, 4.69) is 86.8 Å². The number of aromatic amines is 1. The molecule has 2 aliphatic carbocycles. The van der Waals surface area contributed by atoms with Crippen molar-refractivity contribution in [1.29, 1.82) is 0 Å². The zero-order valence-electron chi connectivity index (χ0n) is 37.3. The Balaban J connectivity index is 0.895. The molecule has 4 aliphatic rings. The summed E-state index contributed by atoms with van der Waals surface area (Å²) in [6, 6.07) is 19.4. The number of carbonyl (C=O) groups is 1. The Morgan fingerprint density at radius 2 is 1.73 bits per heavy atom. The van der Waals surface area contributed by atoms with Gasteiger partial charge in [-0.3, -0.25) is 19.8 Å². The second-order valence-electron chi connectivity index (χ2n) is 19.9. The van der Waals surface area contributed by atoms with Gasteiger partial charge in [0.2, 0.25) is 5.82 Å². The molecule has 2 saturated carbocycles. The van der Waals surface area contributed by atoms with Gasteiger partial charge in [-0.1, -0.05) is 58.4 Å². The van der Waals surface area contributed by atoms with E-state index in [-0.39, 0.29) is 28.0 Å². The van der Waals surface area contributed by atoms with Crippen LogP contribution < -0.4 is 19.7 Å². The van der Waals surface area contributed by atoms with Crippen LogP contribution in [0.1, 0.15) is 119 Å². The van der Waals surface area contributed by atoms with Gasteiger partial charge in [-0.05, 0) is 115 Å². The Morgan fingerprint density at radius 1 is 0.969 bits per heavy atom. The number of pyridine rings is 2. The number of sulfonamides is 1. The van der Waals surface area contributed by atoms with E-state index in [0.29, 0.717) is 41.7 Å². The van der Waals surface area contributed by atoms with Gasteiger partial charge in [-0.2, -0.15) is 0 Å². The summed E-state index contributed by atoms with van der Waals surface area (Å²) in [4.78, 5) is 41.7. The molecule has 3 N–H and O–H groups in total. The number of hydrogen-bond donors (Lipinski definition) is 3. The van der Waals surface area contributed by atoms with Crippen LogP contribution in [0.3, 0.4) is 0 Å². The van der Waals surface area contributed by atoms with Crippen LogP contribution in [0.5, 0.6) is 11.5 Å². The SMILES string of the molecule is CC(C)c1ccccc1[C@@H]1CCC[C@H]1N1CC2(CCN(c3ccc(C(=O)NS(=O)(=O)c4cnc(NCC5CCC(C)(C)CC5)c([N+](=O)[O-])c4)c(Oc4cnc5[nH]ccc5c4)c3)CC2)C1. The van der Waals surface area contributed by atoms with Gasteiger partial charge in [-0.15, -0.1) is 0 Å². The van der Waals surface area contributed by atoms with Crippen molar-refractivity contribution in [2.75, 3.05) is 42.9 Å². The lowest BCUT2D eigenvalue weighted by Crippen LogP contribution is -2.63. The van der Waals surface area contributed by atoms with Crippen molar-refractivity contribution < 1.29 is 22.9 Å². The molecule has 9 rings (SSSR count). The topological polar surface area (TPSA) is 176 Å². The van der Waals surface area contributed by atoms with E-state index in [0.717, 1.165) is 88.0 Å². The van der Waals surface area contributed by atoms with Gasteiger partial charge in [0, 0.05) is 68.2 Å². The predicted octanol–water partition coefficient (Wildman–Crippen LogP) is 9.77. The standard InChI is InChI=1S/C49H60N8O6S/c1-32(2)38-8-5-6-9-39(38)40-10-7-11-42(40)56-30-49(31-56)19-22-55(23-20-49)35-12-13-41(44(25-35)63-36-24-34-16-21-50-45(34)52-28-36)47(58)54-64(61,62)37-26-43(57(59)60)46(53-29-37)51-27-33-14-17-48(3,4)18-15-33/h5-6,8-9,12-13,16,21,24-26,28-29,32-33,40,42H,7,10-11,14-15,17-20,22-23,27,30-31H2,1-4H3,(H,50,52)(H,51,53)(H,54,58)/t40-,42+/m0/s1. The Kier molecular flexibility index (Phi) is 11.9. The van der Waals surface area contributed by atoms with Crippen LogP contribution in [0, 0.1) is 26.9 Å². The normalized spacial score (nSPS) is 21.2. The summed E-state index contributed by atoms with van der Waals surface area (Å²) in [7, 11) is -4.60. The maximum Gasteiger partial charge on any atom is 0.312 e. The highest BCUT2D eigenvalue weighted by molar-refractivity contribution is 7.90. The highest BCUT2D eigenvalue weighted by Gasteiger charge is 2.49. The predicted molar refractivity (Wildman–Crippen MR) is 249 cm³/mol. The summed E-state index contributed by atoms with van der Waals surface area (Å²) < 4.78 is 35.9. The van der Waals surface area contributed by atoms with Crippen molar-refractivity contribution in [2.24, 2.45) is 16.7 Å². The van der Waals surface area contributed by atoms with E-state index in [1.54, 1.807) is 30.6 Å². The molecule has 0 bridgehead atoms. The number of amides is 1.